The van der Waals surface area contributed by atoms with Gasteiger partial charge in [0.1, 0.15) is 5.82 Å². The average Bonchev–Trinajstić information content (AvgIpc) is 3.10. The van der Waals surface area contributed by atoms with Gasteiger partial charge in [-0.05, 0) is 31.6 Å². The second kappa shape index (κ2) is 5.40. The van der Waals surface area contributed by atoms with Gasteiger partial charge in [0.2, 0.25) is 0 Å². The van der Waals surface area contributed by atoms with Gasteiger partial charge in [-0.2, -0.15) is 0 Å². The first-order valence-electron chi connectivity index (χ1n) is 8.71. The van der Waals surface area contributed by atoms with Crippen LogP contribution in [0.15, 0.2) is 12.4 Å². The van der Waals surface area contributed by atoms with Crippen molar-refractivity contribution < 1.29 is 0 Å². The third kappa shape index (κ3) is 2.76. The van der Waals surface area contributed by atoms with Crippen LogP contribution in [-0.4, -0.2) is 45.7 Å². The van der Waals surface area contributed by atoms with Gasteiger partial charge in [-0.1, -0.05) is 12.8 Å². The third-order valence-electron chi connectivity index (χ3n) is 5.93. The van der Waals surface area contributed by atoms with Crippen LogP contribution in [0.3, 0.4) is 0 Å². The molecule has 2 aliphatic carbocycles. The number of hydrogen-bond donors (Lipinski definition) is 1. The molecule has 1 aliphatic heterocycles. The van der Waals surface area contributed by atoms with Gasteiger partial charge in [0, 0.05) is 57.1 Å². The molecule has 0 bridgehead atoms. The lowest BCUT2D eigenvalue weighted by Gasteiger charge is -2.46. The van der Waals surface area contributed by atoms with Gasteiger partial charge >= 0.3 is 0 Å². The van der Waals surface area contributed by atoms with E-state index in [9.17, 15) is 0 Å². The quantitative estimate of drug-likeness (QED) is 0.919. The molecule has 1 spiro atoms. The summed E-state index contributed by atoms with van der Waals surface area (Å²) in [6.07, 6.45) is 13.5. The summed E-state index contributed by atoms with van der Waals surface area (Å²) in [6, 6.07) is 0.775. The molecule has 1 N–H and O–H groups in total. The van der Waals surface area contributed by atoms with Crippen molar-refractivity contribution in [2.24, 2.45) is 13.0 Å². The van der Waals surface area contributed by atoms with Crippen molar-refractivity contribution in [1.29, 1.82) is 0 Å². The summed E-state index contributed by atoms with van der Waals surface area (Å²) >= 11 is 0. The number of aromatic nitrogens is 2. The van der Waals surface area contributed by atoms with Crippen LogP contribution in [0.5, 0.6) is 0 Å². The Balaban J connectivity index is 1.44. The summed E-state index contributed by atoms with van der Waals surface area (Å²) in [6.45, 7) is 3.65. The van der Waals surface area contributed by atoms with E-state index < -0.39 is 0 Å². The van der Waals surface area contributed by atoms with Gasteiger partial charge in [0.25, 0.3) is 0 Å². The van der Waals surface area contributed by atoms with Crippen LogP contribution in [-0.2, 0) is 13.5 Å². The highest BCUT2D eigenvalue weighted by molar-refractivity contribution is 5.04. The Morgan fingerprint density at radius 2 is 2.14 bits per heavy atom. The molecule has 4 rings (SSSR count). The molecular formula is C17H28N4. The maximum Gasteiger partial charge on any atom is 0.109 e. The normalized spacial score (nSPS) is 29.3. The maximum atomic E-state index is 4.50. The molecule has 116 valence electrons. The van der Waals surface area contributed by atoms with Gasteiger partial charge in [-0.3, -0.25) is 4.90 Å². The van der Waals surface area contributed by atoms with Crippen molar-refractivity contribution in [3.8, 4) is 0 Å². The molecule has 1 aromatic heterocycles. The number of hydrogen-bond acceptors (Lipinski definition) is 3. The lowest BCUT2D eigenvalue weighted by Crippen LogP contribution is -2.64. The highest BCUT2D eigenvalue weighted by atomic mass is 15.3. The predicted octanol–water partition coefficient (Wildman–Crippen LogP) is 1.96. The zero-order valence-electron chi connectivity index (χ0n) is 13.2. The zero-order valence-corrected chi connectivity index (χ0v) is 13.2. The Kier molecular flexibility index (Phi) is 3.54. The first-order chi connectivity index (χ1) is 10.3. The van der Waals surface area contributed by atoms with Crippen LogP contribution in [0.1, 0.15) is 44.3 Å². The fraction of sp³-hybridized carbons (Fsp3) is 0.824. The minimum atomic E-state index is 0.438. The van der Waals surface area contributed by atoms with Gasteiger partial charge < -0.3 is 9.88 Å². The number of imidazole rings is 1. The smallest absolute Gasteiger partial charge is 0.109 e. The minimum absolute atomic E-state index is 0.438. The second-order valence-corrected chi connectivity index (χ2v) is 7.45. The third-order valence-corrected chi connectivity index (χ3v) is 5.93. The molecule has 2 saturated carbocycles. The van der Waals surface area contributed by atoms with E-state index in [0.717, 1.165) is 18.4 Å². The first kappa shape index (κ1) is 13.8. The largest absolute Gasteiger partial charge is 0.338 e. The molecular weight excluding hydrogens is 260 g/mol. The van der Waals surface area contributed by atoms with Crippen molar-refractivity contribution >= 4 is 0 Å². The highest BCUT2D eigenvalue weighted by Gasteiger charge is 2.45. The van der Waals surface area contributed by atoms with E-state index in [1.165, 1.54) is 64.0 Å². The van der Waals surface area contributed by atoms with Crippen LogP contribution in [0.2, 0.25) is 0 Å². The fourth-order valence-corrected chi connectivity index (χ4v) is 4.47. The van der Waals surface area contributed by atoms with Crippen molar-refractivity contribution in [3.05, 3.63) is 18.2 Å². The van der Waals surface area contributed by atoms with Crippen LogP contribution >= 0.6 is 0 Å². The molecule has 3 aliphatic rings. The van der Waals surface area contributed by atoms with Crippen LogP contribution in [0.4, 0.5) is 0 Å². The summed E-state index contributed by atoms with van der Waals surface area (Å²) in [4.78, 5) is 7.30. The number of aryl methyl sites for hydroxylation is 1. The Labute approximate surface area is 127 Å². The second-order valence-electron chi connectivity index (χ2n) is 7.45. The molecule has 3 fully saturated rings. The molecule has 4 nitrogen and oxygen atoms in total. The van der Waals surface area contributed by atoms with Gasteiger partial charge in [0.05, 0.1) is 0 Å². The van der Waals surface area contributed by atoms with Crippen molar-refractivity contribution in [2.75, 3.05) is 19.6 Å². The van der Waals surface area contributed by atoms with Gasteiger partial charge in [-0.15, -0.1) is 0 Å². The van der Waals surface area contributed by atoms with Crippen molar-refractivity contribution in [3.63, 3.8) is 0 Å². The summed E-state index contributed by atoms with van der Waals surface area (Å²) < 4.78 is 2.17. The molecule has 0 aromatic carbocycles. The topological polar surface area (TPSA) is 33.1 Å². The molecule has 2 heterocycles. The summed E-state index contributed by atoms with van der Waals surface area (Å²) in [5.41, 5.74) is 0.438. The Morgan fingerprint density at radius 3 is 2.81 bits per heavy atom. The molecule has 1 saturated heterocycles. The number of piperazine rings is 1. The first-order valence-corrected chi connectivity index (χ1v) is 8.71. The fourth-order valence-electron chi connectivity index (χ4n) is 4.47. The Hall–Kier alpha value is -0.870. The Bertz CT molecular complexity index is 485. The summed E-state index contributed by atoms with van der Waals surface area (Å²) in [5, 5.41) is 3.94. The molecule has 0 radical (unpaired) electrons. The number of rotatable bonds is 4. The number of nitrogens with zero attached hydrogens (tertiary/aromatic N) is 3. The maximum absolute atomic E-state index is 4.50. The van der Waals surface area contributed by atoms with E-state index >= 15 is 0 Å². The molecule has 1 aromatic rings. The van der Waals surface area contributed by atoms with Crippen LogP contribution in [0.25, 0.3) is 0 Å². The lowest BCUT2D eigenvalue weighted by molar-refractivity contribution is 0.0697. The molecule has 1 atom stereocenters. The molecule has 1 unspecified atom stereocenters. The molecule has 21 heavy (non-hydrogen) atoms. The van der Waals surface area contributed by atoms with E-state index in [1.807, 2.05) is 6.20 Å². The van der Waals surface area contributed by atoms with E-state index in [4.69, 9.17) is 0 Å². The van der Waals surface area contributed by atoms with E-state index in [1.54, 1.807) is 0 Å². The van der Waals surface area contributed by atoms with Gasteiger partial charge in [-0.25, -0.2) is 4.98 Å². The monoisotopic (exact) mass is 288 g/mol. The minimum Gasteiger partial charge on any atom is -0.338 e. The van der Waals surface area contributed by atoms with Crippen LogP contribution < -0.4 is 5.32 Å². The van der Waals surface area contributed by atoms with Crippen molar-refractivity contribution in [1.82, 2.24) is 19.8 Å². The standard InChI is InChI=1S/C17H28N4/c1-20-11-9-18-16(20)6-10-21-13-17(7-2-3-8-17)19-12-15(21)14-4-5-14/h9,11,14-15,19H,2-8,10,12-13H2,1H3. The van der Waals surface area contributed by atoms with Crippen molar-refractivity contribution in [2.45, 2.75) is 56.5 Å². The van der Waals surface area contributed by atoms with E-state index in [2.05, 4.69) is 33.0 Å². The summed E-state index contributed by atoms with van der Waals surface area (Å²) in [7, 11) is 2.11. The predicted molar refractivity (Wildman–Crippen MR) is 84.2 cm³/mol. The lowest BCUT2D eigenvalue weighted by atomic mass is 9.91. The zero-order chi connectivity index (χ0) is 14.3. The van der Waals surface area contributed by atoms with E-state index in [-0.39, 0.29) is 0 Å². The number of nitrogens with one attached hydrogen (secondary N) is 1. The summed E-state index contributed by atoms with van der Waals surface area (Å²) in [5.74, 6) is 2.18. The Morgan fingerprint density at radius 1 is 1.33 bits per heavy atom. The SMILES string of the molecule is Cn1ccnc1CCN1CC2(CCCC2)NCC1C1CC1. The molecule has 4 heteroatoms. The van der Waals surface area contributed by atoms with Gasteiger partial charge in [0.15, 0.2) is 0 Å². The highest BCUT2D eigenvalue weighted by Crippen LogP contribution is 2.40. The average molecular weight is 288 g/mol. The molecule has 0 amide bonds. The van der Waals surface area contributed by atoms with Crippen LogP contribution in [0, 0.1) is 5.92 Å². The van der Waals surface area contributed by atoms with E-state index in [0.29, 0.717) is 5.54 Å².